The predicted octanol–water partition coefficient (Wildman–Crippen LogP) is 6.09. The van der Waals surface area contributed by atoms with E-state index in [0.717, 1.165) is 32.8 Å². The molecule has 0 aliphatic heterocycles. The molecule has 0 saturated heterocycles. The summed E-state index contributed by atoms with van der Waals surface area (Å²) in [5, 5.41) is 4.79. The molecule has 1 amide bonds. The van der Waals surface area contributed by atoms with Gasteiger partial charge in [0, 0.05) is 26.4 Å². The number of hydrogen-bond donors (Lipinski definition) is 1. The highest BCUT2D eigenvalue weighted by Crippen LogP contribution is 2.33. The number of halogens is 1. The average molecular weight is 413 g/mol. The molecule has 28 heavy (non-hydrogen) atoms. The highest BCUT2D eigenvalue weighted by molar-refractivity contribution is 7.16. The van der Waals surface area contributed by atoms with Gasteiger partial charge in [-0.2, -0.15) is 0 Å². The molecule has 2 aromatic carbocycles. The molecule has 4 aromatic rings. The van der Waals surface area contributed by atoms with Crippen LogP contribution < -0.4 is 10.1 Å². The summed E-state index contributed by atoms with van der Waals surface area (Å²) in [4.78, 5) is 18.3. The molecule has 0 unspecified atom stereocenters. The molecule has 0 radical (unpaired) electrons. The molecular weight excluding hydrogens is 396 g/mol. The van der Waals surface area contributed by atoms with Crippen molar-refractivity contribution in [3.05, 3.63) is 63.7 Å². The zero-order chi connectivity index (χ0) is 19.8. The summed E-state index contributed by atoms with van der Waals surface area (Å²) in [6.07, 6.45) is 0. The molecular formula is C21H17ClN2O3S. The number of aromatic nitrogens is 1. The first kappa shape index (κ1) is 18.5. The number of nitrogens with one attached hydrogen (secondary N) is 1. The lowest BCUT2D eigenvalue weighted by Crippen LogP contribution is -2.11. The SMILES string of the molecule is COc1ccc(-c2nc(NC(=O)c3oc4ccc(Cl)cc4c3C)sc2C)cc1. The third-order valence-corrected chi connectivity index (χ3v) is 5.61. The van der Waals surface area contributed by atoms with Crippen molar-refractivity contribution < 1.29 is 13.9 Å². The van der Waals surface area contributed by atoms with Crippen molar-refractivity contribution in [2.45, 2.75) is 13.8 Å². The molecule has 2 heterocycles. The van der Waals surface area contributed by atoms with E-state index < -0.39 is 0 Å². The first-order chi connectivity index (χ1) is 13.5. The number of rotatable bonds is 4. The number of fused-ring (bicyclic) bond motifs is 1. The van der Waals surface area contributed by atoms with Gasteiger partial charge < -0.3 is 9.15 Å². The van der Waals surface area contributed by atoms with Gasteiger partial charge in [0.1, 0.15) is 11.3 Å². The molecule has 0 saturated carbocycles. The van der Waals surface area contributed by atoms with Crippen LogP contribution in [0.1, 0.15) is 21.0 Å². The second kappa shape index (κ2) is 7.30. The Morgan fingerprint density at radius 1 is 1.18 bits per heavy atom. The Morgan fingerprint density at radius 2 is 1.93 bits per heavy atom. The fraction of sp³-hybridized carbons (Fsp3) is 0.143. The molecule has 2 aromatic heterocycles. The number of carbonyl (C=O) groups excluding carboxylic acids is 1. The Bertz CT molecular complexity index is 1180. The van der Waals surface area contributed by atoms with Crippen LogP contribution in [0.5, 0.6) is 5.75 Å². The zero-order valence-corrected chi connectivity index (χ0v) is 17.1. The van der Waals surface area contributed by atoms with Crippen molar-refractivity contribution in [1.82, 2.24) is 4.98 Å². The van der Waals surface area contributed by atoms with Crippen molar-refractivity contribution in [3.63, 3.8) is 0 Å². The molecule has 7 heteroatoms. The minimum atomic E-state index is -0.333. The van der Waals surface area contributed by atoms with Crippen LogP contribution >= 0.6 is 22.9 Å². The fourth-order valence-corrected chi connectivity index (χ4v) is 4.03. The lowest BCUT2D eigenvalue weighted by atomic mass is 10.1. The monoisotopic (exact) mass is 412 g/mol. The zero-order valence-electron chi connectivity index (χ0n) is 15.5. The van der Waals surface area contributed by atoms with E-state index in [-0.39, 0.29) is 11.7 Å². The van der Waals surface area contributed by atoms with Gasteiger partial charge in [-0.1, -0.05) is 11.6 Å². The van der Waals surface area contributed by atoms with Crippen molar-refractivity contribution in [1.29, 1.82) is 0 Å². The van der Waals surface area contributed by atoms with Gasteiger partial charge in [0.2, 0.25) is 0 Å². The summed E-state index contributed by atoms with van der Waals surface area (Å²) in [7, 11) is 1.63. The highest BCUT2D eigenvalue weighted by atomic mass is 35.5. The molecule has 1 N–H and O–H groups in total. The Morgan fingerprint density at radius 3 is 2.64 bits per heavy atom. The Labute approximate surface area is 170 Å². The van der Waals surface area contributed by atoms with Crippen LogP contribution in [-0.4, -0.2) is 18.0 Å². The van der Waals surface area contributed by atoms with Crippen LogP contribution in [0.15, 0.2) is 46.9 Å². The van der Waals surface area contributed by atoms with E-state index in [0.29, 0.717) is 15.7 Å². The van der Waals surface area contributed by atoms with Crippen LogP contribution in [0.2, 0.25) is 5.02 Å². The van der Waals surface area contributed by atoms with Crippen LogP contribution in [0.4, 0.5) is 5.13 Å². The lowest BCUT2D eigenvalue weighted by Gasteiger charge is -2.02. The minimum Gasteiger partial charge on any atom is -0.497 e. The van der Waals surface area contributed by atoms with Gasteiger partial charge in [0.05, 0.1) is 12.8 Å². The van der Waals surface area contributed by atoms with E-state index >= 15 is 0 Å². The van der Waals surface area contributed by atoms with Crippen molar-refractivity contribution in [2.75, 3.05) is 12.4 Å². The number of carbonyl (C=O) groups is 1. The van der Waals surface area contributed by atoms with Gasteiger partial charge in [-0.3, -0.25) is 10.1 Å². The standard InChI is InChI=1S/C21H17ClN2O3S/c1-11-16-10-14(22)6-9-17(16)27-19(11)20(25)24-21-23-18(12(2)28-21)13-4-7-15(26-3)8-5-13/h4-10H,1-3H3,(H,23,24,25). The maximum absolute atomic E-state index is 12.7. The van der Waals surface area contributed by atoms with Gasteiger partial charge in [0.25, 0.3) is 5.91 Å². The highest BCUT2D eigenvalue weighted by Gasteiger charge is 2.20. The number of thiazole rings is 1. The average Bonchev–Trinajstić information content (AvgIpc) is 3.21. The summed E-state index contributed by atoms with van der Waals surface area (Å²) in [5.41, 5.74) is 3.17. The Hall–Kier alpha value is -2.83. The largest absolute Gasteiger partial charge is 0.497 e. The number of anilines is 1. The first-order valence-corrected chi connectivity index (χ1v) is 9.77. The number of nitrogens with zero attached hydrogens (tertiary/aromatic N) is 1. The van der Waals surface area contributed by atoms with Crippen molar-refractivity contribution in [2.24, 2.45) is 0 Å². The molecule has 0 bridgehead atoms. The molecule has 0 aliphatic rings. The number of hydrogen-bond acceptors (Lipinski definition) is 5. The molecule has 0 aliphatic carbocycles. The topological polar surface area (TPSA) is 64.4 Å². The van der Waals surface area contributed by atoms with Crippen molar-refractivity contribution >= 4 is 44.9 Å². The number of furan rings is 1. The van der Waals surface area contributed by atoms with Gasteiger partial charge in [-0.15, -0.1) is 11.3 Å². The summed E-state index contributed by atoms with van der Waals surface area (Å²) in [6, 6.07) is 12.9. The van der Waals surface area contributed by atoms with Crippen molar-refractivity contribution in [3.8, 4) is 17.0 Å². The Kier molecular flexibility index (Phi) is 4.83. The first-order valence-electron chi connectivity index (χ1n) is 8.58. The van der Waals surface area contributed by atoms with E-state index in [2.05, 4.69) is 10.3 Å². The van der Waals surface area contributed by atoms with Crippen LogP contribution in [-0.2, 0) is 0 Å². The third kappa shape index (κ3) is 3.37. The van der Waals surface area contributed by atoms with Gasteiger partial charge in [0.15, 0.2) is 10.9 Å². The van der Waals surface area contributed by atoms with E-state index in [1.165, 1.54) is 11.3 Å². The maximum atomic E-state index is 12.7. The number of aryl methyl sites for hydroxylation is 2. The second-order valence-corrected chi connectivity index (χ2v) is 7.94. The lowest BCUT2D eigenvalue weighted by molar-refractivity contribution is 0.0998. The Balaban J connectivity index is 1.61. The van der Waals surface area contributed by atoms with Crippen LogP contribution in [0, 0.1) is 13.8 Å². The van der Waals surface area contributed by atoms with Gasteiger partial charge in [-0.05, 0) is 56.3 Å². The van der Waals surface area contributed by atoms with E-state index in [9.17, 15) is 4.79 Å². The van der Waals surface area contributed by atoms with E-state index in [1.54, 1.807) is 25.3 Å². The predicted molar refractivity (Wildman–Crippen MR) is 113 cm³/mol. The third-order valence-electron chi connectivity index (χ3n) is 4.48. The number of amides is 1. The van der Waals surface area contributed by atoms with Crippen LogP contribution in [0.3, 0.4) is 0 Å². The fourth-order valence-electron chi connectivity index (χ4n) is 3.03. The quantitative estimate of drug-likeness (QED) is 0.440. The number of ether oxygens (including phenoxy) is 1. The molecule has 0 fully saturated rings. The number of methoxy groups -OCH3 is 1. The summed E-state index contributed by atoms with van der Waals surface area (Å²) >= 11 is 7.47. The number of benzene rings is 2. The molecule has 5 nitrogen and oxygen atoms in total. The summed E-state index contributed by atoms with van der Waals surface area (Å²) in [6.45, 7) is 3.81. The second-order valence-electron chi connectivity index (χ2n) is 6.30. The maximum Gasteiger partial charge on any atom is 0.293 e. The smallest absolute Gasteiger partial charge is 0.293 e. The van der Waals surface area contributed by atoms with E-state index in [4.69, 9.17) is 20.8 Å². The molecule has 0 atom stereocenters. The van der Waals surface area contributed by atoms with Gasteiger partial charge >= 0.3 is 0 Å². The van der Waals surface area contributed by atoms with Crippen LogP contribution in [0.25, 0.3) is 22.2 Å². The normalized spacial score (nSPS) is 11.0. The summed E-state index contributed by atoms with van der Waals surface area (Å²) < 4.78 is 10.9. The minimum absolute atomic E-state index is 0.260. The molecule has 0 spiro atoms. The van der Waals surface area contributed by atoms with E-state index in [1.807, 2.05) is 38.1 Å². The summed E-state index contributed by atoms with van der Waals surface area (Å²) in [5.74, 6) is 0.710. The van der Waals surface area contributed by atoms with Gasteiger partial charge in [-0.25, -0.2) is 4.98 Å². The molecule has 4 rings (SSSR count). The molecule has 142 valence electrons.